The summed E-state index contributed by atoms with van der Waals surface area (Å²) in [6.07, 6.45) is 0. The molecule has 0 aliphatic carbocycles. The quantitative estimate of drug-likeness (QED) is 0.563. The number of nitrogens with one attached hydrogen (secondary N) is 1. The minimum atomic E-state index is -1.06. The molecule has 0 heterocycles. The van der Waals surface area contributed by atoms with Crippen molar-refractivity contribution >= 4 is 17.9 Å². The van der Waals surface area contributed by atoms with Crippen molar-refractivity contribution in [2.24, 2.45) is 0 Å². The Kier molecular flexibility index (Phi) is 9.10. The zero-order valence-electron chi connectivity index (χ0n) is 12.2. The van der Waals surface area contributed by atoms with Gasteiger partial charge in [0.1, 0.15) is 13.2 Å². The van der Waals surface area contributed by atoms with Crippen molar-refractivity contribution in [3.63, 3.8) is 0 Å². The van der Waals surface area contributed by atoms with Crippen molar-refractivity contribution in [3.05, 3.63) is 0 Å². The number of hydrogen-bond donors (Lipinski definition) is 2. The van der Waals surface area contributed by atoms with Gasteiger partial charge in [-0.3, -0.25) is 4.79 Å². The lowest BCUT2D eigenvalue weighted by Crippen LogP contribution is -2.45. The van der Waals surface area contributed by atoms with Gasteiger partial charge in [0.05, 0.1) is 6.61 Å². The number of rotatable bonds is 9. The number of ether oxygens (including phenoxy) is 1. The van der Waals surface area contributed by atoms with E-state index in [1.54, 1.807) is 4.90 Å². The van der Waals surface area contributed by atoms with E-state index in [-0.39, 0.29) is 25.6 Å². The number of likely N-dealkylation sites (N-methyl/N-ethyl adjacent to an activating group) is 2. The van der Waals surface area contributed by atoms with Gasteiger partial charge >= 0.3 is 12.0 Å². The van der Waals surface area contributed by atoms with E-state index in [4.69, 9.17) is 9.84 Å². The van der Waals surface area contributed by atoms with Crippen molar-refractivity contribution < 1.29 is 24.2 Å². The molecule has 0 aromatic carbocycles. The zero-order chi connectivity index (χ0) is 15.5. The average molecular weight is 289 g/mol. The Balaban J connectivity index is 3.91. The number of aliphatic carboxylic acids is 1. The second-order valence-corrected chi connectivity index (χ2v) is 4.10. The monoisotopic (exact) mass is 289 g/mol. The highest BCUT2D eigenvalue weighted by Gasteiger charge is 2.15. The number of carbonyl (C=O) groups excluding carboxylic acids is 2. The zero-order valence-corrected chi connectivity index (χ0v) is 12.2. The number of hydrogen-bond acceptors (Lipinski definition) is 4. The van der Waals surface area contributed by atoms with Crippen LogP contribution < -0.4 is 5.32 Å². The fourth-order valence-corrected chi connectivity index (χ4v) is 1.48. The van der Waals surface area contributed by atoms with Crippen LogP contribution in [-0.2, 0) is 14.3 Å². The third-order valence-corrected chi connectivity index (χ3v) is 2.58. The van der Waals surface area contributed by atoms with Gasteiger partial charge < -0.3 is 25.0 Å². The molecule has 2 N–H and O–H groups in total. The summed E-state index contributed by atoms with van der Waals surface area (Å²) in [7, 11) is 1.52. The largest absolute Gasteiger partial charge is 0.480 e. The topological polar surface area (TPSA) is 99.2 Å². The summed E-state index contributed by atoms with van der Waals surface area (Å²) >= 11 is 0. The van der Waals surface area contributed by atoms with Gasteiger partial charge in [0.25, 0.3) is 0 Å². The summed E-state index contributed by atoms with van der Waals surface area (Å²) in [6.45, 7) is 4.87. The maximum atomic E-state index is 11.8. The lowest BCUT2D eigenvalue weighted by molar-refractivity contribution is -0.142. The van der Waals surface area contributed by atoms with E-state index >= 15 is 0 Å². The molecule has 0 spiro atoms. The first-order chi connectivity index (χ1) is 9.42. The SMILES string of the molecule is CCN(CC)C(=O)CN(C)C(=O)NCCOCC(=O)O. The molecule has 0 aromatic rings. The lowest BCUT2D eigenvalue weighted by Gasteiger charge is -2.23. The van der Waals surface area contributed by atoms with Gasteiger partial charge in [0.15, 0.2) is 0 Å². The fraction of sp³-hybridized carbons (Fsp3) is 0.750. The van der Waals surface area contributed by atoms with Crippen molar-refractivity contribution in [2.75, 3.05) is 46.4 Å². The summed E-state index contributed by atoms with van der Waals surface area (Å²) < 4.78 is 4.77. The van der Waals surface area contributed by atoms with Gasteiger partial charge in [0.2, 0.25) is 5.91 Å². The first kappa shape index (κ1) is 18.2. The third kappa shape index (κ3) is 7.57. The molecule has 0 aliphatic heterocycles. The van der Waals surface area contributed by atoms with Crippen LogP contribution in [0.4, 0.5) is 4.79 Å². The predicted octanol–water partition coefficient (Wildman–Crippen LogP) is -0.403. The number of urea groups is 1. The number of nitrogens with zero attached hydrogens (tertiary/aromatic N) is 2. The van der Waals surface area contributed by atoms with Crippen LogP contribution in [0.25, 0.3) is 0 Å². The lowest BCUT2D eigenvalue weighted by atomic mass is 10.4. The molecule has 20 heavy (non-hydrogen) atoms. The number of carbonyl (C=O) groups is 3. The average Bonchev–Trinajstić information content (AvgIpc) is 2.38. The molecule has 0 rings (SSSR count). The van der Waals surface area contributed by atoms with Crippen LogP contribution >= 0.6 is 0 Å². The summed E-state index contributed by atoms with van der Waals surface area (Å²) in [5.41, 5.74) is 0. The first-order valence-electron chi connectivity index (χ1n) is 6.48. The van der Waals surface area contributed by atoms with E-state index in [0.29, 0.717) is 13.1 Å². The second kappa shape index (κ2) is 10.0. The van der Waals surface area contributed by atoms with Gasteiger partial charge in [-0.25, -0.2) is 9.59 Å². The highest BCUT2D eigenvalue weighted by molar-refractivity contribution is 5.83. The molecule has 116 valence electrons. The highest BCUT2D eigenvalue weighted by Crippen LogP contribution is 1.92. The van der Waals surface area contributed by atoms with E-state index in [1.807, 2.05) is 13.8 Å². The van der Waals surface area contributed by atoms with Gasteiger partial charge in [0, 0.05) is 26.7 Å². The molecular weight excluding hydrogens is 266 g/mol. The normalized spacial score (nSPS) is 9.95. The van der Waals surface area contributed by atoms with Crippen molar-refractivity contribution in [1.29, 1.82) is 0 Å². The minimum absolute atomic E-state index is 0.00347. The van der Waals surface area contributed by atoms with Crippen LogP contribution in [0.2, 0.25) is 0 Å². The fourth-order valence-electron chi connectivity index (χ4n) is 1.48. The Bertz CT molecular complexity index is 331. The summed E-state index contributed by atoms with van der Waals surface area (Å²) in [5, 5.41) is 10.9. The number of carboxylic acids is 1. The molecular formula is C12H23N3O5. The van der Waals surface area contributed by atoms with Crippen molar-refractivity contribution in [3.8, 4) is 0 Å². The van der Waals surface area contributed by atoms with E-state index in [9.17, 15) is 14.4 Å². The maximum absolute atomic E-state index is 11.8. The van der Waals surface area contributed by atoms with Crippen LogP contribution in [0.15, 0.2) is 0 Å². The summed E-state index contributed by atoms with van der Waals surface area (Å²) in [4.78, 5) is 36.5. The van der Waals surface area contributed by atoms with Gasteiger partial charge in [-0.1, -0.05) is 0 Å². The molecule has 8 nitrogen and oxygen atoms in total. The molecule has 8 heteroatoms. The second-order valence-electron chi connectivity index (χ2n) is 4.10. The van der Waals surface area contributed by atoms with E-state index in [2.05, 4.69) is 5.32 Å². The molecule has 0 aliphatic rings. The Morgan fingerprint density at radius 2 is 1.80 bits per heavy atom. The summed E-state index contributed by atoms with van der Waals surface area (Å²) in [6, 6.07) is -0.399. The van der Waals surface area contributed by atoms with E-state index < -0.39 is 18.6 Å². The molecule has 0 aromatic heterocycles. The Morgan fingerprint density at radius 3 is 2.30 bits per heavy atom. The molecule has 3 amide bonds. The molecule has 0 radical (unpaired) electrons. The van der Waals surface area contributed by atoms with Crippen LogP contribution in [-0.4, -0.2) is 79.3 Å². The van der Waals surface area contributed by atoms with Crippen LogP contribution in [0, 0.1) is 0 Å². The Hall–Kier alpha value is -1.83. The highest BCUT2D eigenvalue weighted by atomic mass is 16.5. The van der Waals surface area contributed by atoms with Crippen LogP contribution in [0.5, 0.6) is 0 Å². The number of carboxylic acid groups (broad SMARTS) is 1. The number of amides is 3. The van der Waals surface area contributed by atoms with E-state index in [0.717, 1.165) is 0 Å². The Morgan fingerprint density at radius 1 is 1.20 bits per heavy atom. The molecule has 0 fully saturated rings. The van der Waals surface area contributed by atoms with Crippen LogP contribution in [0.3, 0.4) is 0 Å². The smallest absolute Gasteiger partial charge is 0.329 e. The predicted molar refractivity (Wildman–Crippen MR) is 72.4 cm³/mol. The summed E-state index contributed by atoms with van der Waals surface area (Å²) in [5.74, 6) is -1.17. The van der Waals surface area contributed by atoms with Crippen molar-refractivity contribution in [2.45, 2.75) is 13.8 Å². The minimum Gasteiger partial charge on any atom is -0.480 e. The Labute approximate surface area is 118 Å². The molecule has 0 bridgehead atoms. The molecule has 0 saturated heterocycles. The maximum Gasteiger partial charge on any atom is 0.329 e. The first-order valence-corrected chi connectivity index (χ1v) is 6.48. The van der Waals surface area contributed by atoms with Crippen LogP contribution in [0.1, 0.15) is 13.8 Å². The van der Waals surface area contributed by atoms with Crippen molar-refractivity contribution in [1.82, 2.24) is 15.1 Å². The standard InChI is InChI=1S/C12H23N3O5/c1-4-15(5-2)10(16)8-14(3)12(19)13-6-7-20-9-11(17)18/h4-9H2,1-3H3,(H,13,19)(H,17,18). The molecule has 0 unspecified atom stereocenters. The van der Waals surface area contributed by atoms with Gasteiger partial charge in [-0.15, -0.1) is 0 Å². The van der Waals surface area contributed by atoms with Gasteiger partial charge in [-0.05, 0) is 13.8 Å². The van der Waals surface area contributed by atoms with Gasteiger partial charge in [-0.2, -0.15) is 0 Å². The van der Waals surface area contributed by atoms with E-state index in [1.165, 1.54) is 11.9 Å². The third-order valence-electron chi connectivity index (χ3n) is 2.58. The molecule has 0 saturated carbocycles. The molecule has 0 atom stereocenters.